The first-order valence-corrected chi connectivity index (χ1v) is 10.3. The lowest BCUT2D eigenvalue weighted by Gasteiger charge is -2.33. The Morgan fingerprint density at radius 2 is 2.04 bits per heavy atom. The second-order valence-corrected chi connectivity index (χ2v) is 9.12. The molecule has 0 spiro atoms. The average Bonchev–Trinajstić information content (AvgIpc) is 2.68. The number of carbonyl (C=O) groups is 1. The monoisotopic (exact) mass is 405 g/mol. The molecule has 0 aromatic carbocycles. The topological polar surface area (TPSA) is 117 Å². The number of carboxylic acid groups (broad SMARTS) is 1. The third kappa shape index (κ3) is 4.34. The van der Waals surface area contributed by atoms with Gasteiger partial charge in [-0.25, -0.2) is 4.79 Å². The Labute approximate surface area is 164 Å². The molecule has 150 valence electrons. The molecule has 9 nitrogen and oxygen atoms in total. The van der Waals surface area contributed by atoms with E-state index in [2.05, 4.69) is 15.0 Å². The first kappa shape index (κ1) is 20.3. The van der Waals surface area contributed by atoms with Crippen LogP contribution < -0.4 is 0 Å². The lowest BCUT2D eigenvalue weighted by molar-refractivity contribution is 0.0696. The van der Waals surface area contributed by atoms with Crippen LogP contribution in [-0.4, -0.2) is 70.2 Å². The lowest BCUT2D eigenvalue weighted by atomic mass is 9.93. The molecule has 1 saturated heterocycles. The molecule has 0 saturated carbocycles. The minimum atomic E-state index is -3.45. The summed E-state index contributed by atoms with van der Waals surface area (Å²) in [5.41, 5.74) is 1.94. The minimum Gasteiger partial charge on any atom is -0.478 e. The van der Waals surface area contributed by atoms with E-state index in [1.807, 2.05) is 0 Å². The summed E-state index contributed by atoms with van der Waals surface area (Å²) in [5.74, 6) is -0.953. The molecule has 0 radical (unpaired) electrons. The van der Waals surface area contributed by atoms with Gasteiger partial charge in [0.1, 0.15) is 0 Å². The van der Waals surface area contributed by atoms with E-state index in [1.54, 1.807) is 18.6 Å². The maximum atomic E-state index is 12.4. The van der Waals surface area contributed by atoms with Gasteiger partial charge in [0.25, 0.3) is 10.2 Å². The largest absolute Gasteiger partial charge is 0.478 e. The molecule has 0 aliphatic carbocycles. The molecule has 3 rings (SSSR count). The predicted octanol–water partition coefficient (Wildman–Crippen LogP) is 1.30. The highest BCUT2D eigenvalue weighted by atomic mass is 32.2. The van der Waals surface area contributed by atoms with Crippen molar-refractivity contribution in [2.24, 2.45) is 5.92 Å². The van der Waals surface area contributed by atoms with Gasteiger partial charge >= 0.3 is 5.97 Å². The maximum absolute atomic E-state index is 12.4. The molecule has 28 heavy (non-hydrogen) atoms. The van der Waals surface area contributed by atoms with Crippen molar-refractivity contribution >= 4 is 16.2 Å². The van der Waals surface area contributed by atoms with Crippen molar-refractivity contribution in [1.82, 2.24) is 23.6 Å². The van der Waals surface area contributed by atoms with Gasteiger partial charge in [-0.1, -0.05) is 0 Å². The first-order chi connectivity index (χ1) is 13.3. The fourth-order valence-electron chi connectivity index (χ4n) is 3.35. The Kier molecular flexibility index (Phi) is 6.01. The molecule has 0 unspecified atom stereocenters. The Bertz CT molecular complexity index is 964. The normalized spacial score (nSPS) is 18.3. The molecule has 10 heteroatoms. The SMILES string of the molecule is CN(C)S(=O)(=O)N1CCC[C@H](Cc2nccnc2-c2cncc(C(=O)O)c2)C1. The van der Waals surface area contributed by atoms with Crippen LogP contribution in [0.25, 0.3) is 11.3 Å². The maximum Gasteiger partial charge on any atom is 0.337 e. The zero-order chi connectivity index (χ0) is 20.3. The van der Waals surface area contributed by atoms with E-state index in [0.29, 0.717) is 36.5 Å². The third-order valence-corrected chi connectivity index (χ3v) is 6.69. The molecule has 1 atom stereocenters. The van der Waals surface area contributed by atoms with Gasteiger partial charge in [0, 0.05) is 57.5 Å². The Morgan fingerprint density at radius 3 is 2.75 bits per heavy atom. The van der Waals surface area contributed by atoms with E-state index in [1.165, 1.54) is 35.0 Å². The van der Waals surface area contributed by atoms with Gasteiger partial charge in [-0.05, 0) is 31.2 Å². The van der Waals surface area contributed by atoms with Crippen molar-refractivity contribution in [2.45, 2.75) is 19.3 Å². The van der Waals surface area contributed by atoms with Crippen LogP contribution >= 0.6 is 0 Å². The van der Waals surface area contributed by atoms with Gasteiger partial charge in [-0.3, -0.25) is 15.0 Å². The van der Waals surface area contributed by atoms with E-state index < -0.39 is 16.2 Å². The molecule has 1 N–H and O–H groups in total. The summed E-state index contributed by atoms with van der Waals surface area (Å²) in [5, 5.41) is 9.19. The highest BCUT2D eigenvalue weighted by molar-refractivity contribution is 7.86. The Balaban J connectivity index is 1.84. The van der Waals surface area contributed by atoms with Gasteiger partial charge in [-0.2, -0.15) is 17.0 Å². The second kappa shape index (κ2) is 8.29. The number of piperidine rings is 1. The average molecular weight is 405 g/mol. The molecule has 0 bridgehead atoms. The summed E-state index contributed by atoms with van der Waals surface area (Å²) < 4.78 is 27.6. The van der Waals surface area contributed by atoms with Gasteiger partial charge in [-0.15, -0.1) is 0 Å². The van der Waals surface area contributed by atoms with Crippen LogP contribution in [0.5, 0.6) is 0 Å². The summed E-state index contributed by atoms with van der Waals surface area (Å²) in [6.07, 6.45) is 8.21. The summed E-state index contributed by atoms with van der Waals surface area (Å²) in [4.78, 5) is 24.0. The van der Waals surface area contributed by atoms with Crippen LogP contribution in [0.1, 0.15) is 28.9 Å². The van der Waals surface area contributed by atoms with Crippen LogP contribution in [0.4, 0.5) is 0 Å². The number of rotatable bonds is 6. The summed E-state index contributed by atoms with van der Waals surface area (Å²) in [7, 11) is -0.387. The highest BCUT2D eigenvalue weighted by Crippen LogP contribution is 2.27. The number of aromatic carboxylic acids is 1. The summed E-state index contributed by atoms with van der Waals surface area (Å²) in [6, 6.07) is 1.52. The molecule has 2 aromatic heterocycles. The van der Waals surface area contributed by atoms with Crippen molar-refractivity contribution in [1.29, 1.82) is 0 Å². The molecule has 1 aliphatic rings. The van der Waals surface area contributed by atoms with E-state index in [4.69, 9.17) is 0 Å². The van der Waals surface area contributed by atoms with Gasteiger partial charge in [0.05, 0.1) is 17.0 Å². The van der Waals surface area contributed by atoms with Crippen LogP contribution in [0.15, 0.2) is 30.9 Å². The predicted molar refractivity (Wildman–Crippen MR) is 103 cm³/mol. The van der Waals surface area contributed by atoms with Crippen molar-refractivity contribution in [3.05, 3.63) is 42.1 Å². The van der Waals surface area contributed by atoms with Crippen molar-refractivity contribution in [2.75, 3.05) is 27.2 Å². The Hall–Kier alpha value is -2.43. The van der Waals surface area contributed by atoms with Gasteiger partial charge in [0.15, 0.2) is 0 Å². The molecule has 0 amide bonds. The lowest BCUT2D eigenvalue weighted by Crippen LogP contribution is -2.45. The Morgan fingerprint density at radius 1 is 1.29 bits per heavy atom. The van der Waals surface area contributed by atoms with Crippen LogP contribution in [0.2, 0.25) is 0 Å². The quantitative estimate of drug-likeness (QED) is 0.770. The van der Waals surface area contributed by atoms with E-state index in [9.17, 15) is 18.3 Å². The zero-order valence-corrected chi connectivity index (χ0v) is 16.6. The highest BCUT2D eigenvalue weighted by Gasteiger charge is 2.31. The van der Waals surface area contributed by atoms with Crippen molar-refractivity contribution < 1.29 is 18.3 Å². The fraction of sp³-hybridized carbons (Fsp3) is 0.444. The van der Waals surface area contributed by atoms with E-state index >= 15 is 0 Å². The molecular weight excluding hydrogens is 382 g/mol. The zero-order valence-electron chi connectivity index (χ0n) is 15.8. The second-order valence-electron chi connectivity index (χ2n) is 6.98. The van der Waals surface area contributed by atoms with Crippen molar-refractivity contribution in [3.63, 3.8) is 0 Å². The molecule has 2 aromatic rings. The smallest absolute Gasteiger partial charge is 0.337 e. The molecular formula is C18H23N5O4S. The van der Waals surface area contributed by atoms with Crippen molar-refractivity contribution in [3.8, 4) is 11.3 Å². The first-order valence-electron chi connectivity index (χ1n) is 8.95. The minimum absolute atomic E-state index is 0.0787. The third-order valence-electron chi connectivity index (χ3n) is 4.78. The van der Waals surface area contributed by atoms with Gasteiger partial charge in [0.2, 0.25) is 0 Å². The number of hydrogen-bond donors (Lipinski definition) is 1. The molecule has 1 aliphatic heterocycles. The van der Waals surface area contributed by atoms with E-state index in [0.717, 1.165) is 12.8 Å². The number of pyridine rings is 1. The molecule has 1 fully saturated rings. The number of nitrogens with zero attached hydrogens (tertiary/aromatic N) is 5. The fourth-order valence-corrected chi connectivity index (χ4v) is 4.57. The van der Waals surface area contributed by atoms with Gasteiger partial charge < -0.3 is 5.11 Å². The van der Waals surface area contributed by atoms with Crippen LogP contribution in [0, 0.1) is 5.92 Å². The van der Waals surface area contributed by atoms with Crippen LogP contribution in [-0.2, 0) is 16.6 Å². The number of hydrogen-bond acceptors (Lipinski definition) is 6. The summed E-state index contributed by atoms with van der Waals surface area (Å²) >= 11 is 0. The van der Waals surface area contributed by atoms with Crippen LogP contribution in [0.3, 0.4) is 0 Å². The number of carboxylic acids is 1. The summed E-state index contributed by atoms with van der Waals surface area (Å²) in [6.45, 7) is 0.929. The van der Waals surface area contributed by atoms with E-state index in [-0.39, 0.29) is 11.5 Å². The molecule has 3 heterocycles. The number of aromatic nitrogens is 3. The standard InChI is InChI=1S/C18H23N5O4S/c1-22(2)28(26,27)23-7-3-4-13(12-23)8-16-17(21-6-5-20-16)14-9-15(18(24)25)11-19-10-14/h5-6,9-11,13H,3-4,7-8,12H2,1-2H3,(H,24,25)/t13-/m1/s1.